The van der Waals surface area contributed by atoms with Crippen molar-refractivity contribution in [3.8, 4) is 11.5 Å². The van der Waals surface area contributed by atoms with Gasteiger partial charge in [-0.2, -0.15) is 4.98 Å². The predicted molar refractivity (Wildman–Crippen MR) is 142 cm³/mol. The Morgan fingerprint density at radius 1 is 1.08 bits per heavy atom. The first-order valence-electron chi connectivity index (χ1n) is 12.2. The summed E-state index contributed by atoms with van der Waals surface area (Å²) in [5.41, 5.74) is 0.355. The second kappa shape index (κ2) is 13.0. The van der Waals surface area contributed by atoms with E-state index in [-0.39, 0.29) is 17.5 Å². The van der Waals surface area contributed by atoms with E-state index in [9.17, 15) is 18.0 Å². The number of piperazine rings is 1. The Hall–Kier alpha value is -3.61. The standard InChI is InChI=1S/C26H28ClF3N6O3/c1-34-11-13-36(14-12-34)10-3-15-38-21-7-4-17(16-20(21)30)32-25-31-9-8-22(33-25)35(2)26(37)39-24-19(29)6-5-18(28)23(24)27/h4-9,16H,3,10-15H2,1-2H3,(H,31,32,33). The van der Waals surface area contributed by atoms with Gasteiger partial charge >= 0.3 is 6.09 Å². The Bertz CT molecular complexity index is 1310. The molecule has 0 spiro atoms. The lowest BCUT2D eigenvalue weighted by Crippen LogP contribution is -2.44. The van der Waals surface area contributed by atoms with Crippen LogP contribution in [0, 0.1) is 17.5 Å². The molecular formula is C26H28ClF3N6O3. The fourth-order valence-electron chi connectivity index (χ4n) is 3.81. The predicted octanol–water partition coefficient (Wildman–Crippen LogP) is 4.94. The first-order valence-corrected chi connectivity index (χ1v) is 12.6. The van der Waals surface area contributed by atoms with Crippen molar-refractivity contribution in [3.05, 3.63) is 65.1 Å². The van der Waals surface area contributed by atoms with Crippen molar-refractivity contribution in [3.63, 3.8) is 0 Å². The number of hydrogen-bond acceptors (Lipinski definition) is 8. The molecule has 1 aliphatic heterocycles. The van der Waals surface area contributed by atoms with Gasteiger partial charge in [0.1, 0.15) is 16.7 Å². The van der Waals surface area contributed by atoms with Crippen LogP contribution in [0.5, 0.6) is 11.5 Å². The summed E-state index contributed by atoms with van der Waals surface area (Å²) in [5.74, 6) is -2.96. The van der Waals surface area contributed by atoms with Crippen molar-refractivity contribution in [1.82, 2.24) is 19.8 Å². The second-order valence-corrected chi connectivity index (χ2v) is 9.33. The number of carbonyl (C=O) groups excluding carboxylic acids is 1. The van der Waals surface area contributed by atoms with Crippen molar-refractivity contribution in [2.75, 3.05) is 63.6 Å². The van der Waals surface area contributed by atoms with Gasteiger partial charge in [0.15, 0.2) is 23.1 Å². The molecule has 1 aromatic heterocycles. The van der Waals surface area contributed by atoms with E-state index in [4.69, 9.17) is 21.1 Å². The summed E-state index contributed by atoms with van der Waals surface area (Å²) in [4.78, 5) is 26.4. The molecule has 2 heterocycles. The summed E-state index contributed by atoms with van der Waals surface area (Å²) in [7, 11) is 3.42. The number of aromatic nitrogens is 2. The fourth-order valence-corrected chi connectivity index (χ4v) is 4.01. The molecule has 1 aliphatic rings. The number of amides is 1. The number of hydrogen-bond donors (Lipinski definition) is 1. The molecule has 4 rings (SSSR count). The zero-order chi connectivity index (χ0) is 27.9. The highest BCUT2D eigenvalue weighted by Crippen LogP contribution is 2.31. The molecule has 1 N–H and O–H groups in total. The van der Waals surface area contributed by atoms with Crippen LogP contribution in [0.15, 0.2) is 42.6 Å². The van der Waals surface area contributed by atoms with Crippen molar-refractivity contribution in [2.24, 2.45) is 0 Å². The van der Waals surface area contributed by atoms with Crippen LogP contribution in [-0.2, 0) is 0 Å². The molecule has 0 unspecified atom stereocenters. The molecule has 1 amide bonds. The number of carbonyl (C=O) groups is 1. The van der Waals surface area contributed by atoms with Gasteiger partial charge in [0.05, 0.1) is 6.61 Å². The molecule has 208 valence electrons. The van der Waals surface area contributed by atoms with E-state index < -0.39 is 34.3 Å². The Morgan fingerprint density at radius 3 is 2.56 bits per heavy atom. The van der Waals surface area contributed by atoms with E-state index in [2.05, 4.69) is 32.1 Å². The maximum atomic E-state index is 14.6. The fraction of sp³-hybridized carbons (Fsp3) is 0.346. The van der Waals surface area contributed by atoms with Crippen molar-refractivity contribution in [2.45, 2.75) is 6.42 Å². The molecule has 0 atom stereocenters. The molecule has 0 aliphatic carbocycles. The topological polar surface area (TPSA) is 83.1 Å². The molecule has 1 saturated heterocycles. The lowest BCUT2D eigenvalue weighted by molar-refractivity contribution is 0.145. The summed E-state index contributed by atoms with van der Waals surface area (Å²) < 4.78 is 52.8. The summed E-state index contributed by atoms with van der Waals surface area (Å²) in [6.07, 6.45) is 1.09. The smallest absolute Gasteiger partial charge is 0.420 e. The van der Waals surface area contributed by atoms with Crippen LogP contribution in [0.25, 0.3) is 0 Å². The van der Waals surface area contributed by atoms with Crippen LogP contribution >= 0.6 is 11.6 Å². The average Bonchev–Trinajstić information content (AvgIpc) is 2.93. The molecule has 3 aromatic rings. The van der Waals surface area contributed by atoms with Crippen LogP contribution in [0.3, 0.4) is 0 Å². The Balaban J connectivity index is 1.32. The third kappa shape index (κ3) is 7.49. The first kappa shape index (κ1) is 28.4. The lowest BCUT2D eigenvalue weighted by atomic mass is 10.3. The van der Waals surface area contributed by atoms with Gasteiger partial charge in [-0.05, 0) is 43.8 Å². The van der Waals surface area contributed by atoms with Gasteiger partial charge in [-0.15, -0.1) is 0 Å². The third-order valence-corrected chi connectivity index (χ3v) is 6.46. The van der Waals surface area contributed by atoms with Gasteiger partial charge in [-0.3, -0.25) is 4.90 Å². The SMILES string of the molecule is CN1CCN(CCCOc2ccc(Nc3nccc(N(C)C(=O)Oc4c(F)ccc(F)c4Cl)n3)cc2F)CC1. The zero-order valence-electron chi connectivity index (χ0n) is 21.5. The number of likely N-dealkylation sites (N-methyl/N-ethyl adjacent to an activating group) is 1. The highest BCUT2D eigenvalue weighted by atomic mass is 35.5. The number of nitrogens with zero attached hydrogens (tertiary/aromatic N) is 5. The van der Waals surface area contributed by atoms with Crippen LogP contribution in [0.1, 0.15) is 6.42 Å². The number of anilines is 3. The number of halogens is 4. The number of benzene rings is 2. The van der Waals surface area contributed by atoms with E-state index in [1.807, 2.05) is 0 Å². The van der Waals surface area contributed by atoms with Crippen LogP contribution < -0.4 is 19.7 Å². The van der Waals surface area contributed by atoms with E-state index in [0.29, 0.717) is 12.3 Å². The minimum Gasteiger partial charge on any atom is -0.490 e. The maximum Gasteiger partial charge on any atom is 0.420 e. The summed E-state index contributed by atoms with van der Waals surface area (Å²) in [6, 6.07) is 7.38. The van der Waals surface area contributed by atoms with E-state index in [1.54, 1.807) is 6.07 Å². The minimum atomic E-state index is -1.06. The molecule has 9 nitrogen and oxygen atoms in total. The van der Waals surface area contributed by atoms with E-state index >= 15 is 0 Å². The lowest BCUT2D eigenvalue weighted by Gasteiger charge is -2.32. The summed E-state index contributed by atoms with van der Waals surface area (Å²) in [5, 5.41) is 2.20. The monoisotopic (exact) mass is 564 g/mol. The van der Waals surface area contributed by atoms with E-state index in [1.165, 1.54) is 31.4 Å². The zero-order valence-corrected chi connectivity index (χ0v) is 22.2. The van der Waals surface area contributed by atoms with Crippen LogP contribution in [-0.4, -0.2) is 79.3 Å². The van der Waals surface area contributed by atoms with Gasteiger partial charge < -0.3 is 24.6 Å². The van der Waals surface area contributed by atoms with Crippen molar-refractivity contribution >= 4 is 35.1 Å². The second-order valence-electron chi connectivity index (χ2n) is 8.95. The van der Waals surface area contributed by atoms with Crippen LogP contribution in [0.4, 0.5) is 35.4 Å². The average molecular weight is 565 g/mol. The molecule has 0 bridgehead atoms. The van der Waals surface area contributed by atoms with Crippen molar-refractivity contribution < 1.29 is 27.4 Å². The number of nitrogens with one attached hydrogen (secondary N) is 1. The third-order valence-electron chi connectivity index (χ3n) is 6.11. The van der Waals surface area contributed by atoms with Gasteiger partial charge in [0, 0.05) is 57.7 Å². The highest BCUT2D eigenvalue weighted by molar-refractivity contribution is 6.32. The van der Waals surface area contributed by atoms with Crippen LogP contribution in [0.2, 0.25) is 5.02 Å². The number of rotatable bonds is 9. The molecule has 2 aromatic carbocycles. The minimum absolute atomic E-state index is 0.0577. The molecule has 0 radical (unpaired) electrons. The highest BCUT2D eigenvalue weighted by Gasteiger charge is 2.21. The Labute approximate surface area is 229 Å². The molecular weight excluding hydrogens is 537 g/mol. The molecule has 1 fully saturated rings. The molecule has 0 saturated carbocycles. The van der Waals surface area contributed by atoms with E-state index in [0.717, 1.165) is 56.2 Å². The van der Waals surface area contributed by atoms with Gasteiger partial charge in [-0.25, -0.2) is 22.9 Å². The number of ether oxygens (including phenoxy) is 2. The molecule has 13 heteroatoms. The van der Waals surface area contributed by atoms with Gasteiger partial charge in [0.25, 0.3) is 0 Å². The summed E-state index contributed by atoms with van der Waals surface area (Å²) >= 11 is 5.72. The van der Waals surface area contributed by atoms with Gasteiger partial charge in [0.2, 0.25) is 5.95 Å². The first-order chi connectivity index (χ1) is 18.7. The summed E-state index contributed by atoms with van der Waals surface area (Å²) in [6.45, 7) is 5.42. The van der Waals surface area contributed by atoms with Gasteiger partial charge in [-0.1, -0.05) is 11.6 Å². The quantitative estimate of drug-likeness (QED) is 0.289. The Kier molecular flexibility index (Phi) is 9.44. The normalized spacial score (nSPS) is 14.2. The maximum absolute atomic E-state index is 14.6. The largest absolute Gasteiger partial charge is 0.490 e. The van der Waals surface area contributed by atoms with Crippen molar-refractivity contribution in [1.29, 1.82) is 0 Å². The Morgan fingerprint density at radius 2 is 1.82 bits per heavy atom. The molecule has 39 heavy (non-hydrogen) atoms.